The molecule has 0 saturated carbocycles. The van der Waals surface area contributed by atoms with Crippen LogP contribution in [0.25, 0.3) is 0 Å². The van der Waals surface area contributed by atoms with Crippen LogP contribution in [0.3, 0.4) is 0 Å². The zero-order valence-corrected chi connectivity index (χ0v) is 16.2. The Kier molecular flexibility index (Phi) is 5.91. The molecular formula is C20H19ClN2O2S. The lowest BCUT2D eigenvalue weighted by Gasteiger charge is -2.09. The Morgan fingerprint density at radius 2 is 2.04 bits per heavy atom. The topological polar surface area (TPSA) is 51.2 Å². The average molecular weight is 387 g/mol. The number of carbonyl (C=O) groups is 1. The molecule has 6 heteroatoms. The van der Waals surface area contributed by atoms with Crippen molar-refractivity contribution in [3.63, 3.8) is 0 Å². The van der Waals surface area contributed by atoms with Crippen LogP contribution in [0.5, 0.6) is 5.75 Å². The van der Waals surface area contributed by atoms with Crippen LogP contribution < -0.4 is 10.1 Å². The van der Waals surface area contributed by atoms with Crippen molar-refractivity contribution >= 4 is 34.0 Å². The van der Waals surface area contributed by atoms with Crippen LogP contribution in [0, 0.1) is 13.8 Å². The molecule has 4 nitrogen and oxygen atoms in total. The number of nitrogens with zero attached hydrogens (tertiary/aromatic N) is 1. The zero-order valence-electron chi connectivity index (χ0n) is 14.6. The van der Waals surface area contributed by atoms with Gasteiger partial charge >= 0.3 is 0 Å². The number of thiazole rings is 1. The number of hydrogen-bond donors (Lipinski definition) is 1. The molecule has 0 spiro atoms. The van der Waals surface area contributed by atoms with E-state index in [9.17, 15) is 4.79 Å². The highest BCUT2D eigenvalue weighted by molar-refractivity contribution is 7.15. The highest BCUT2D eigenvalue weighted by Crippen LogP contribution is 2.25. The van der Waals surface area contributed by atoms with Gasteiger partial charge in [0.25, 0.3) is 5.91 Å². The lowest BCUT2D eigenvalue weighted by molar-refractivity contribution is -0.118. The molecule has 0 unspecified atom stereocenters. The number of hydrogen-bond acceptors (Lipinski definition) is 4. The van der Waals surface area contributed by atoms with E-state index in [1.165, 1.54) is 11.3 Å². The molecule has 0 radical (unpaired) electrons. The normalized spacial score (nSPS) is 10.6. The van der Waals surface area contributed by atoms with E-state index < -0.39 is 0 Å². The number of halogens is 1. The first kappa shape index (κ1) is 18.4. The van der Waals surface area contributed by atoms with Gasteiger partial charge in [0.2, 0.25) is 0 Å². The number of rotatable bonds is 6. The number of benzene rings is 2. The Balaban J connectivity index is 1.55. The van der Waals surface area contributed by atoms with Gasteiger partial charge in [-0.25, -0.2) is 4.98 Å². The molecule has 0 bridgehead atoms. The van der Waals surface area contributed by atoms with Gasteiger partial charge < -0.3 is 4.74 Å². The van der Waals surface area contributed by atoms with Gasteiger partial charge in [-0.15, -0.1) is 11.3 Å². The van der Waals surface area contributed by atoms with Crippen LogP contribution >= 0.6 is 22.9 Å². The van der Waals surface area contributed by atoms with Crippen molar-refractivity contribution in [1.29, 1.82) is 0 Å². The molecule has 0 aliphatic carbocycles. The second-order valence-electron chi connectivity index (χ2n) is 6.01. The number of carbonyl (C=O) groups excluding carboxylic acids is 1. The molecule has 1 heterocycles. The summed E-state index contributed by atoms with van der Waals surface area (Å²) in [4.78, 5) is 17.4. The van der Waals surface area contributed by atoms with Crippen LogP contribution in [0.2, 0.25) is 5.02 Å². The molecule has 134 valence electrons. The van der Waals surface area contributed by atoms with Crippen molar-refractivity contribution in [2.24, 2.45) is 0 Å². The summed E-state index contributed by atoms with van der Waals surface area (Å²) >= 11 is 7.62. The second-order valence-corrected chi connectivity index (χ2v) is 7.53. The molecule has 1 amide bonds. The van der Waals surface area contributed by atoms with Gasteiger partial charge in [-0.2, -0.15) is 0 Å². The van der Waals surface area contributed by atoms with Crippen molar-refractivity contribution in [3.05, 3.63) is 75.3 Å². The fourth-order valence-corrected chi connectivity index (χ4v) is 3.59. The van der Waals surface area contributed by atoms with E-state index >= 15 is 0 Å². The van der Waals surface area contributed by atoms with Gasteiger partial charge in [0, 0.05) is 22.5 Å². The third kappa shape index (κ3) is 4.84. The second kappa shape index (κ2) is 8.34. The van der Waals surface area contributed by atoms with E-state index in [0.29, 0.717) is 17.3 Å². The molecule has 3 rings (SSSR count). The monoisotopic (exact) mass is 386 g/mol. The van der Waals surface area contributed by atoms with E-state index in [1.807, 2.05) is 56.3 Å². The minimum Gasteiger partial charge on any atom is -0.483 e. The fourth-order valence-electron chi connectivity index (χ4n) is 2.54. The third-order valence-electron chi connectivity index (χ3n) is 3.81. The van der Waals surface area contributed by atoms with E-state index in [-0.39, 0.29) is 12.5 Å². The number of ether oxygens (including phenoxy) is 1. The maximum Gasteiger partial charge on any atom is 0.264 e. The summed E-state index contributed by atoms with van der Waals surface area (Å²) in [6.07, 6.45) is 2.45. The van der Waals surface area contributed by atoms with Crippen molar-refractivity contribution in [3.8, 4) is 5.75 Å². The summed E-state index contributed by atoms with van der Waals surface area (Å²) in [7, 11) is 0. The molecule has 26 heavy (non-hydrogen) atoms. The van der Waals surface area contributed by atoms with Crippen LogP contribution in [-0.4, -0.2) is 17.5 Å². The summed E-state index contributed by atoms with van der Waals surface area (Å²) in [5, 5.41) is 4.06. The first-order chi connectivity index (χ1) is 12.5. The lowest BCUT2D eigenvalue weighted by Crippen LogP contribution is -2.20. The van der Waals surface area contributed by atoms with Gasteiger partial charge in [0.15, 0.2) is 11.7 Å². The molecule has 1 aromatic heterocycles. The van der Waals surface area contributed by atoms with Crippen LogP contribution in [0.4, 0.5) is 5.13 Å². The summed E-state index contributed by atoms with van der Waals surface area (Å²) in [6, 6.07) is 13.6. The van der Waals surface area contributed by atoms with E-state index in [1.54, 1.807) is 6.20 Å². The summed E-state index contributed by atoms with van der Waals surface area (Å²) in [6.45, 7) is 3.93. The van der Waals surface area contributed by atoms with E-state index in [4.69, 9.17) is 16.3 Å². The smallest absolute Gasteiger partial charge is 0.264 e. The SMILES string of the molecule is Cc1ccc(OCC(=O)Nc2ncc(Cc3ccccc3Cl)s2)c(C)c1. The Bertz CT molecular complexity index is 924. The molecule has 0 aliphatic rings. The van der Waals surface area contributed by atoms with Crippen molar-refractivity contribution in [2.75, 3.05) is 11.9 Å². The van der Waals surface area contributed by atoms with Crippen molar-refractivity contribution in [2.45, 2.75) is 20.3 Å². The summed E-state index contributed by atoms with van der Waals surface area (Å²) in [5.74, 6) is 0.480. The minimum absolute atomic E-state index is 0.0523. The number of aryl methyl sites for hydroxylation is 2. The highest BCUT2D eigenvalue weighted by Gasteiger charge is 2.10. The first-order valence-electron chi connectivity index (χ1n) is 8.19. The first-order valence-corrected chi connectivity index (χ1v) is 9.39. The fraction of sp³-hybridized carbons (Fsp3) is 0.200. The Morgan fingerprint density at radius 3 is 2.81 bits per heavy atom. The Hall–Kier alpha value is -2.37. The minimum atomic E-state index is -0.233. The quantitative estimate of drug-likeness (QED) is 0.647. The van der Waals surface area contributed by atoms with Crippen LogP contribution in [0.1, 0.15) is 21.6 Å². The van der Waals surface area contributed by atoms with Gasteiger partial charge in [-0.1, -0.05) is 47.5 Å². The standard InChI is InChI=1S/C20H19ClN2O2S/c1-13-7-8-18(14(2)9-13)25-12-19(24)23-20-22-11-16(26-20)10-15-5-3-4-6-17(15)21/h3-9,11H,10,12H2,1-2H3,(H,22,23,24). The predicted octanol–water partition coefficient (Wildman–Crippen LogP) is 5.02. The molecule has 1 N–H and O–H groups in total. The van der Waals surface area contributed by atoms with Crippen molar-refractivity contribution < 1.29 is 9.53 Å². The van der Waals surface area contributed by atoms with Crippen LogP contribution in [-0.2, 0) is 11.2 Å². The lowest BCUT2D eigenvalue weighted by atomic mass is 10.1. The van der Waals surface area contributed by atoms with E-state index in [0.717, 1.165) is 26.6 Å². The number of anilines is 1. The van der Waals surface area contributed by atoms with Crippen LogP contribution in [0.15, 0.2) is 48.7 Å². The number of aromatic nitrogens is 1. The van der Waals surface area contributed by atoms with Crippen molar-refractivity contribution in [1.82, 2.24) is 4.98 Å². The van der Waals surface area contributed by atoms with Gasteiger partial charge in [-0.3, -0.25) is 10.1 Å². The molecule has 0 atom stereocenters. The maximum absolute atomic E-state index is 12.1. The number of nitrogens with one attached hydrogen (secondary N) is 1. The molecule has 0 aliphatic heterocycles. The summed E-state index contributed by atoms with van der Waals surface area (Å²) < 4.78 is 5.59. The highest BCUT2D eigenvalue weighted by atomic mass is 35.5. The largest absolute Gasteiger partial charge is 0.483 e. The Labute approximate surface area is 161 Å². The molecular weight excluding hydrogens is 368 g/mol. The van der Waals surface area contributed by atoms with E-state index in [2.05, 4.69) is 10.3 Å². The molecule has 3 aromatic rings. The number of amides is 1. The Morgan fingerprint density at radius 1 is 1.23 bits per heavy atom. The predicted molar refractivity (Wildman–Crippen MR) is 106 cm³/mol. The zero-order chi connectivity index (χ0) is 18.5. The summed E-state index contributed by atoms with van der Waals surface area (Å²) in [5.41, 5.74) is 3.20. The molecule has 0 fully saturated rings. The molecule has 2 aromatic carbocycles. The third-order valence-corrected chi connectivity index (χ3v) is 5.09. The van der Waals surface area contributed by atoms with Gasteiger partial charge in [0.1, 0.15) is 5.75 Å². The average Bonchev–Trinajstić information content (AvgIpc) is 3.03. The maximum atomic E-state index is 12.1. The van der Waals surface area contributed by atoms with Gasteiger partial charge in [0.05, 0.1) is 0 Å². The molecule has 0 saturated heterocycles. The van der Waals surface area contributed by atoms with Gasteiger partial charge in [-0.05, 0) is 37.1 Å².